The van der Waals surface area contributed by atoms with E-state index in [-0.39, 0.29) is 0 Å². The van der Waals surface area contributed by atoms with Gasteiger partial charge in [0.25, 0.3) is 0 Å². The second-order valence-corrected chi connectivity index (χ2v) is 3.99. The summed E-state index contributed by atoms with van der Waals surface area (Å²) < 4.78 is 5.57. The highest BCUT2D eigenvalue weighted by atomic mass is 16.5. The number of ether oxygens (including phenoxy) is 1. The van der Waals surface area contributed by atoms with Crippen molar-refractivity contribution in [2.24, 2.45) is 5.73 Å². The van der Waals surface area contributed by atoms with Crippen LogP contribution in [0.3, 0.4) is 0 Å². The van der Waals surface area contributed by atoms with Gasteiger partial charge in [-0.05, 0) is 43.0 Å². The Morgan fingerprint density at radius 2 is 2.07 bits per heavy atom. The minimum atomic E-state index is 0.553. The van der Waals surface area contributed by atoms with E-state index in [0.29, 0.717) is 19.1 Å². The van der Waals surface area contributed by atoms with Gasteiger partial charge in [0, 0.05) is 0 Å². The Kier molecular flexibility index (Phi) is 4.63. The lowest BCUT2D eigenvalue weighted by Crippen LogP contribution is -2.06. The average molecular weight is 207 g/mol. The van der Waals surface area contributed by atoms with Crippen molar-refractivity contribution >= 4 is 0 Å². The molecule has 0 aliphatic carbocycles. The van der Waals surface area contributed by atoms with Gasteiger partial charge in [-0.25, -0.2) is 0 Å². The van der Waals surface area contributed by atoms with Crippen LogP contribution in [0, 0.1) is 0 Å². The van der Waals surface area contributed by atoms with Gasteiger partial charge in [-0.15, -0.1) is 0 Å². The van der Waals surface area contributed by atoms with Crippen molar-refractivity contribution in [3.05, 3.63) is 29.3 Å². The van der Waals surface area contributed by atoms with E-state index in [0.717, 1.165) is 12.2 Å². The summed E-state index contributed by atoms with van der Waals surface area (Å²) in [5, 5.41) is 0. The van der Waals surface area contributed by atoms with Gasteiger partial charge in [0.1, 0.15) is 5.75 Å². The lowest BCUT2D eigenvalue weighted by atomic mass is 9.99. The predicted molar refractivity (Wildman–Crippen MR) is 64.5 cm³/mol. The van der Waals surface area contributed by atoms with Crippen molar-refractivity contribution in [1.29, 1.82) is 0 Å². The number of benzene rings is 1. The SMILES string of the molecule is CCOc1ccc(C(C)C)cc1CCN. The molecule has 0 spiro atoms. The van der Waals surface area contributed by atoms with Crippen LogP contribution >= 0.6 is 0 Å². The van der Waals surface area contributed by atoms with E-state index in [2.05, 4.69) is 32.0 Å². The molecule has 0 saturated carbocycles. The molecule has 0 atom stereocenters. The van der Waals surface area contributed by atoms with Crippen molar-refractivity contribution in [1.82, 2.24) is 0 Å². The number of nitrogens with two attached hydrogens (primary N) is 1. The van der Waals surface area contributed by atoms with Crippen molar-refractivity contribution in [2.45, 2.75) is 33.1 Å². The van der Waals surface area contributed by atoms with Crippen LogP contribution in [-0.2, 0) is 6.42 Å². The van der Waals surface area contributed by atoms with Gasteiger partial charge in [-0.2, -0.15) is 0 Å². The molecule has 0 saturated heterocycles. The largest absolute Gasteiger partial charge is 0.494 e. The summed E-state index contributed by atoms with van der Waals surface area (Å²) in [6.07, 6.45) is 0.885. The smallest absolute Gasteiger partial charge is 0.122 e. The predicted octanol–water partition coefficient (Wildman–Crippen LogP) is 2.71. The molecule has 0 aliphatic rings. The van der Waals surface area contributed by atoms with Gasteiger partial charge in [-0.3, -0.25) is 0 Å². The molecule has 15 heavy (non-hydrogen) atoms. The zero-order valence-corrected chi connectivity index (χ0v) is 9.92. The maximum Gasteiger partial charge on any atom is 0.122 e. The first-order chi connectivity index (χ1) is 7.19. The molecule has 0 aromatic heterocycles. The third-order valence-corrected chi connectivity index (χ3v) is 2.46. The zero-order valence-electron chi connectivity index (χ0n) is 9.92. The molecule has 0 fully saturated rings. The molecule has 2 nitrogen and oxygen atoms in total. The summed E-state index contributed by atoms with van der Waals surface area (Å²) in [7, 11) is 0. The van der Waals surface area contributed by atoms with Crippen molar-refractivity contribution < 1.29 is 4.74 Å². The fraction of sp³-hybridized carbons (Fsp3) is 0.538. The Morgan fingerprint density at radius 3 is 2.60 bits per heavy atom. The maximum atomic E-state index is 5.60. The van der Waals surface area contributed by atoms with Gasteiger partial charge in [0.2, 0.25) is 0 Å². The van der Waals surface area contributed by atoms with Crippen LogP contribution in [0.2, 0.25) is 0 Å². The monoisotopic (exact) mass is 207 g/mol. The molecule has 1 aromatic rings. The highest BCUT2D eigenvalue weighted by molar-refractivity contribution is 5.38. The van der Waals surface area contributed by atoms with E-state index >= 15 is 0 Å². The quantitative estimate of drug-likeness (QED) is 0.805. The first-order valence-corrected chi connectivity index (χ1v) is 5.64. The molecule has 0 radical (unpaired) electrons. The number of hydrogen-bond donors (Lipinski definition) is 1. The average Bonchev–Trinajstić information content (AvgIpc) is 2.21. The molecule has 2 heteroatoms. The Morgan fingerprint density at radius 1 is 1.33 bits per heavy atom. The summed E-state index contributed by atoms with van der Waals surface area (Å²) in [4.78, 5) is 0. The fourth-order valence-electron chi connectivity index (χ4n) is 1.61. The third-order valence-electron chi connectivity index (χ3n) is 2.46. The minimum absolute atomic E-state index is 0.553. The third kappa shape index (κ3) is 3.24. The van der Waals surface area contributed by atoms with E-state index in [1.54, 1.807) is 0 Å². The van der Waals surface area contributed by atoms with Crippen LogP contribution in [-0.4, -0.2) is 13.2 Å². The van der Waals surface area contributed by atoms with E-state index < -0.39 is 0 Å². The van der Waals surface area contributed by atoms with Gasteiger partial charge in [-0.1, -0.05) is 26.0 Å². The van der Waals surface area contributed by atoms with Crippen LogP contribution in [0.5, 0.6) is 5.75 Å². The van der Waals surface area contributed by atoms with Gasteiger partial charge in [0.05, 0.1) is 6.61 Å². The number of hydrogen-bond acceptors (Lipinski definition) is 2. The molecule has 0 heterocycles. The second kappa shape index (κ2) is 5.76. The fourth-order valence-corrected chi connectivity index (χ4v) is 1.61. The van der Waals surface area contributed by atoms with Crippen LogP contribution in [0.4, 0.5) is 0 Å². The van der Waals surface area contributed by atoms with Crippen LogP contribution in [0.15, 0.2) is 18.2 Å². The summed E-state index contributed by atoms with van der Waals surface area (Å²) >= 11 is 0. The summed E-state index contributed by atoms with van der Waals surface area (Å²) in [5.41, 5.74) is 8.17. The van der Waals surface area contributed by atoms with E-state index in [9.17, 15) is 0 Å². The molecule has 1 rings (SSSR count). The summed E-state index contributed by atoms with van der Waals surface area (Å²) in [6, 6.07) is 6.40. The van der Waals surface area contributed by atoms with Gasteiger partial charge < -0.3 is 10.5 Å². The summed E-state index contributed by atoms with van der Waals surface area (Å²) in [6.45, 7) is 7.77. The Bertz CT molecular complexity index is 307. The van der Waals surface area contributed by atoms with Crippen molar-refractivity contribution in [2.75, 3.05) is 13.2 Å². The lowest BCUT2D eigenvalue weighted by Gasteiger charge is -2.13. The van der Waals surface area contributed by atoms with Crippen molar-refractivity contribution in [3.63, 3.8) is 0 Å². The molecule has 0 bridgehead atoms. The molecular weight excluding hydrogens is 186 g/mol. The highest BCUT2D eigenvalue weighted by Gasteiger charge is 2.06. The molecule has 0 amide bonds. The lowest BCUT2D eigenvalue weighted by molar-refractivity contribution is 0.336. The molecule has 2 N–H and O–H groups in total. The first kappa shape index (κ1) is 12.1. The maximum absolute atomic E-state index is 5.60. The Labute approximate surface area is 92.4 Å². The van der Waals surface area contributed by atoms with Gasteiger partial charge in [0.15, 0.2) is 0 Å². The van der Waals surface area contributed by atoms with E-state index in [1.807, 2.05) is 6.92 Å². The van der Waals surface area contributed by atoms with Crippen LogP contribution in [0.25, 0.3) is 0 Å². The first-order valence-electron chi connectivity index (χ1n) is 5.64. The standard InChI is InChI=1S/C13H21NO/c1-4-15-13-6-5-11(10(2)3)9-12(13)7-8-14/h5-6,9-10H,4,7-8,14H2,1-3H3. The molecule has 1 aromatic carbocycles. The molecule has 84 valence electrons. The molecule has 0 unspecified atom stereocenters. The van der Waals surface area contributed by atoms with Crippen LogP contribution in [0.1, 0.15) is 37.8 Å². The number of rotatable bonds is 5. The van der Waals surface area contributed by atoms with E-state index in [4.69, 9.17) is 10.5 Å². The molecular formula is C13H21NO. The normalized spacial score (nSPS) is 10.7. The van der Waals surface area contributed by atoms with Gasteiger partial charge >= 0.3 is 0 Å². The molecule has 0 aliphatic heterocycles. The van der Waals surface area contributed by atoms with E-state index in [1.165, 1.54) is 11.1 Å². The summed E-state index contributed by atoms with van der Waals surface area (Å²) in [5.74, 6) is 1.53. The Hall–Kier alpha value is -1.02. The Balaban J connectivity index is 2.97. The minimum Gasteiger partial charge on any atom is -0.494 e. The van der Waals surface area contributed by atoms with Crippen LogP contribution < -0.4 is 10.5 Å². The topological polar surface area (TPSA) is 35.2 Å². The highest BCUT2D eigenvalue weighted by Crippen LogP contribution is 2.24. The van der Waals surface area contributed by atoms with Crippen molar-refractivity contribution in [3.8, 4) is 5.75 Å². The second-order valence-electron chi connectivity index (χ2n) is 3.99. The zero-order chi connectivity index (χ0) is 11.3.